The number of nitrogens with zero attached hydrogens (tertiary/aromatic N) is 7. The van der Waals surface area contributed by atoms with Gasteiger partial charge in [-0.05, 0) is 115 Å². The van der Waals surface area contributed by atoms with Crippen molar-refractivity contribution in [2.24, 2.45) is 4.99 Å². The Kier molecular flexibility index (Phi) is 23.9. The largest absolute Gasteiger partial charge is 0.494 e. The molecule has 2 saturated heterocycles. The first-order chi connectivity index (χ1) is 36.0. The van der Waals surface area contributed by atoms with Gasteiger partial charge in [0.2, 0.25) is 0 Å². The number of carbonyl (C=O) groups is 2. The van der Waals surface area contributed by atoms with Crippen LogP contribution >= 0.6 is 0 Å². The predicted molar refractivity (Wildman–Crippen MR) is 301 cm³/mol. The molecule has 16 nitrogen and oxygen atoms in total. The maximum Gasteiger partial charge on any atom is 0.163 e. The summed E-state index contributed by atoms with van der Waals surface area (Å²) in [7, 11) is 5.84. The molecule has 1 aliphatic carbocycles. The van der Waals surface area contributed by atoms with Gasteiger partial charge < -0.3 is 59.0 Å². The Hall–Kier alpha value is -6.75. The number of fused-ring (bicyclic) bond motifs is 2. The summed E-state index contributed by atoms with van der Waals surface area (Å²) in [5.74, 6) is 3.82. The normalized spacial score (nSPS) is 16.9. The number of benzene rings is 3. The Morgan fingerprint density at radius 3 is 2.31 bits per heavy atom. The highest BCUT2D eigenvalue weighted by Crippen LogP contribution is 2.32. The summed E-state index contributed by atoms with van der Waals surface area (Å²) in [6.07, 6.45) is 16.0. The van der Waals surface area contributed by atoms with Crippen LogP contribution in [-0.4, -0.2) is 140 Å². The summed E-state index contributed by atoms with van der Waals surface area (Å²) in [6.45, 7) is 24.3. The molecule has 4 aliphatic rings. The Balaban J connectivity index is 0.000000334. The predicted octanol–water partition coefficient (Wildman–Crippen LogP) is 9.42. The van der Waals surface area contributed by atoms with E-state index in [1.54, 1.807) is 32.5 Å². The van der Waals surface area contributed by atoms with Gasteiger partial charge in [0.1, 0.15) is 29.9 Å². The fourth-order valence-corrected chi connectivity index (χ4v) is 8.40. The van der Waals surface area contributed by atoms with Crippen LogP contribution in [0, 0.1) is 0 Å². The number of methoxy groups -OCH3 is 1. The lowest BCUT2D eigenvalue weighted by Gasteiger charge is -2.34. The molecule has 2 fully saturated rings. The maximum absolute atomic E-state index is 11.1. The Morgan fingerprint density at radius 1 is 0.919 bits per heavy atom. The molecule has 3 aromatic carbocycles. The first kappa shape index (κ1) is 58.1. The van der Waals surface area contributed by atoms with Crippen LogP contribution < -0.4 is 30.2 Å². The smallest absolute Gasteiger partial charge is 0.163 e. The van der Waals surface area contributed by atoms with E-state index in [2.05, 4.69) is 87.1 Å². The minimum absolute atomic E-state index is 0.0426. The van der Waals surface area contributed by atoms with Gasteiger partial charge in [-0.1, -0.05) is 52.0 Å². The standard InChI is InChI=1S/C38H43N7O4.C10H16N2O2.C6H11N.2C2H6/c1-44-14-16-45(17-15-44)28-9-13-32-34(22-28)43-38(41-32)26-8-12-31-33(20-26)42-37(40-31)25-6-10-29(11-7-25)48-18-4-3-5-19-49-36-23-30(39)27(24-46)21-35(36)47-2;1-3-14-8-12-6-10(11-7-12)5-4-9(2)13;1-6-3-4-7(2)5-6;2*1-2/h6-13,20-24,31,33H,3-5,14-19,39H2,1-2H3,(H,40,42)(H,41,43);6-7H,3-5,8H2,1-2H3;1,3-5H2,2H3;2*1-2H3. The molecule has 0 amide bonds. The number of ether oxygens (including phenoxy) is 4. The number of ketones is 1. The van der Waals surface area contributed by atoms with E-state index >= 15 is 0 Å². The number of H-pyrrole nitrogens is 1. The van der Waals surface area contributed by atoms with Crippen molar-refractivity contribution < 1.29 is 28.5 Å². The molecular formula is C58H82N10O6. The van der Waals surface area contributed by atoms with Crippen LogP contribution in [0.25, 0.3) is 16.6 Å². The van der Waals surface area contributed by atoms with Crippen molar-refractivity contribution in [1.29, 1.82) is 0 Å². The highest BCUT2D eigenvalue weighted by molar-refractivity contribution is 6.01. The average molecular weight is 1020 g/mol. The van der Waals surface area contributed by atoms with Gasteiger partial charge >= 0.3 is 0 Å². The number of aldehydes is 1. The second-order valence-corrected chi connectivity index (χ2v) is 18.2. The highest BCUT2D eigenvalue weighted by atomic mass is 16.5. The summed E-state index contributed by atoms with van der Waals surface area (Å²) in [5, 5.41) is 3.60. The molecule has 0 radical (unpaired) electrons. The molecule has 0 saturated carbocycles. The fourth-order valence-electron chi connectivity index (χ4n) is 8.40. The number of amidine groups is 1. The quantitative estimate of drug-likeness (QED) is 0.0309. The molecule has 2 aromatic heterocycles. The Morgan fingerprint density at radius 2 is 1.66 bits per heavy atom. The van der Waals surface area contributed by atoms with Gasteiger partial charge in [-0.15, -0.1) is 0 Å². The second-order valence-electron chi connectivity index (χ2n) is 18.2. The number of Topliss-reactive ketones (excluding diaryl/α,β-unsaturated/α-hetero) is 1. The number of likely N-dealkylation sites (N-methyl/N-ethyl adjacent to an activating group) is 2. The zero-order valence-electron chi connectivity index (χ0n) is 45.5. The van der Waals surface area contributed by atoms with Gasteiger partial charge in [-0.3, -0.25) is 9.79 Å². The Bertz CT molecular complexity index is 2630. The van der Waals surface area contributed by atoms with Crippen molar-refractivity contribution in [2.75, 3.05) is 90.9 Å². The number of unbranched alkanes of at least 4 members (excludes halogenated alkanes) is 2. The fraction of sp³-hybridized carbons (Fsp3) is 0.466. The van der Waals surface area contributed by atoms with Gasteiger partial charge in [-0.25, -0.2) is 9.97 Å². The van der Waals surface area contributed by atoms with Crippen LogP contribution in [0.15, 0.2) is 102 Å². The van der Waals surface area contributed by atoms with Gasteiger partial charge in [0.05, 0.1) is 55.5 Å². The van der Waals surface area contributed by atoms with Crippen molar-refractivity contribution in [2.45, 2.75) is 98.9 Å². The van der Waals surface area contributed by atoms with Crippen LogP contribution in [0.1, 0.15) is 101 Å². The van der Waals surface area contributed by atoms with E-state index in [1.165, 1.54) is 24.2 Å². The molecule has 74 heavy (non-hydrogen) atoms. The summed E-state index contributed by atoms with van der Waals surface area (Å²) in [5.41, 5.74) is 14.4. The SMILES string of the molecule is C=C1CCN(C)C1.CC.CC.CCOCn1cnc(CCC(C)=O)c1.COc1cc(C=O)c(N)cc1OCCCCCOc1ccc(C2=NC3C=CC(c4nc5ccc(N6CCN(C)CC6)cc5[nH]4)=CC3N2)cc1. The van der Waals surface area contributed by atoms with Crippen LogP contribution in [0.2, 0.25) is 0 Å². The summed E-state index contributed by atoms with van der Waals surface area (Å²) in [4.78, 5) is 46.5. The van der Waals surface area contributed by atoms with Crippen LogP contribution in [0.4, 0.5) is 11.4 Å². The van der Waals surface area contributed by atoms with Gasteiger partial charge in [0.25, 0.3) is 0 Å². The number of aromatic nitrogens is 4. The number of likely N-dealkylation sites (tertiary alicyclic amines) is 1. The number of nitrogens with two attached hydrogens (primary N) is 1. The molecule has 2 unspecified atom stereocenters. The average Bonchev–Trinajstić information content (AvgIpc) is 4.25. The van der Waals surface area contributed by atoms with Crippen LogP contribution in [0.5, 0.6) is 17.2 Å². The molecular weight excluding hydrogens is 933 g/mol. The lowest BCUT2D eigenvalue weighted by atomic mass is 9.99. The van der Waals surface area contributed by atoms with E-state index in [9.17, 15) is 9.59 Å². The molecule has 9 rings (SSSR count). The minimum atomic E-state index is 0.0426. The zero-order chi connectivity index (χ0) is 53.4. The molecule has 400 valence electrons. The first-order valence-electron chi connectivity index (χ1n) is 26.4. The van der Waals surface area contributed by atoms with E-state index in [4.69, 9.17) is 34.7 Å². The number of piperazine rings is 1. The van der Waals surface area contributed by atoms with E-state index in [1.807, 2.05) is 69.6 Å². The Labute approximate surface area is 439 Å². The number of aromatic amines is 1. The van der Waals surface area contributed by atoms with Crippen molar-refractivity contribution >= 4 is 45.9 Å². The molecule has 5 aromatic rings. The molecule has 2 atom stereocenters. The number of hydrogen-bond donors (Lipinski definition) is 3. The van der Waals surface area contributed by atoms with E-state index in [-0.39, 0.29) is 17.9 Å². The zero-order valence-corrected chi connectivity index (χ0v) is 45.5. The number of carbonyl (C=O) groups excluding carboxylic acids is 2. The van der Waals surface area contributed by atoms with Gasteiger partial charge in [0, 0.05) is 92.6 Å². The number of allylic oxidation sites excluding steroid dienone is 2. The monoisotopic (exact) mass is 1010 g/mol. The number of rotatable bonds is 19. The van der Waals surface area contributed by atoms with Crippen molar-refractivity contribution in [3.05, 3.63) is 120 Å². The molecule has 5 heterocycles. The van der Waals surface area contributed by atoms with Crippen LogP contribution in [-0.2, 0) is 22.7 Å². The molecule has 0 bridgehead atoms. The number of imidazole rings is 2. The van der Waals surface area contributed by atoms with Gasteiger partial charge in [0.15, 0.2) is 17.8 Å². The molecule has 0 spiro atoms. The van der Waals surface area contributed by atoms with Crippen molar-refractivity contribution in [1.82, 2.24) is 34.6 Å². The van der Waals surface area contributed by atoms with Crippen molar-refractivity contribution in [3.63, 3.8) is 0 Å². The summed E-state index contributed by atoms with van der Waals surface area (Å²) < 4.78 is 24.2. The number of anilines is 2. The second kappa shape index (κ2) is 30.4. The number of nitrogen functional groups attached to an aromatic ring is 1. The molecule has 3 aliphatic heterocycles. The minimum Gasteiger partial charge on any atom is -0.494 e. The highest BCUT2D eigenvalue weighted by Gasteiger charge is 2.29. The lowest BCUT2D eigenvalue weighted by molar-refractivity contribution is -0.117. The third-order valence-electron chi connectivity index (χ3n) is 12.5. The third kappa shape index (κ3) is 17.4. The van der Waals surface area contributed by atoms with Crippen LogP contribution in [0.3, 0.4) is 0 Å². The molecule has 16 heteroatoms. The summed E-state index contributed by atoms with van der Waals surface area (Å²) >= 11 is 0. The van der Waals surface area contributed by atoms with E-state index in [0.29, 0.717) is 68.4 Å². The number of aryl methyl sites for hydroxylation is 1. The number of nitrogens with one attached hydrogen (secondary N) is 2. The molecule has 4 N–H and O–H groups in total. The van der Waals surface area contributed by atoms with E-state index in [0.717, 1.165) is 97.3 Å². The number of aliphatic imine (C=N–C) groups is 1. The lowest BCUT2D eigenvalue weighted by Crippen LogP contribution is -2.44. The number of hydrogen-bond acceptors (Lipinski definition) is 14. The van der Waals surface area contributed by atoms with Crippen molar-refractivity contribution in [3.8, 4) is 17.2 Å². The summed E-state index contributed by atoms with van der Waals surface area (Å²) in [6, 6.07) is 17.9. The first-order valence-corrected chi connectivity index (χ1v) is 26.4. The van der Waals surface area contributed by atoms with Gasteiger partial charge in [-0.2, -0.15) is 0 Å². The maximum atomic E-state index is 11.1. The topological polar surface area (TPSA) is 178 Å². The third-order valence-corrected chi connectivity index (χ3v) is 12.5. The van der Waals surface area contributed by atoms with E-state index < -0.39 is 0 Å².